The Bertz CT molecular complexity index is 987. The lowest BCUT2D eigenvalue weighted by Crippen LogP contribution is -2.67. The fourth-order valence-electron chi connectivity index (χ4n) is 3.40. The second-order valence-corrected chi connectivity index (χ2v) is 8.82. The average Bonchev–Trinajstić information content (AvgIpc) is 2.83. The van der Waals surface area contributed by atoms with Gasteiger partial charge in [0.15, 0.2) is 5.78 Å². The highest BCUT2D eigenvalue weighted by Gasteiger charge is 2.44. The van der Waals surface area contributed by atoms with E-state index < -0.39 is 48.0 Å². The molecule has 0 aliphatic carbocycles. The van der Waals surface area contributed by atoms with E-state index in [-0.39, 0.29) is 38.5 Å². The van der Waals surface area contributed by atoms with Crippen LogP contribution >= 0.6 is 11.6 Å². The minimum Gasteiger partial charge on any atom is -0.445 e. The van der Waals surface area contributed by atoms with E-state index in [0.717, 1.165) is 4.90 Å². The van der Waals surface area contributed by atoms with Gasteiger partial charge in [0.2, 0.25) is 11.8 Å². The molecule has 0 spiro atoms. The van der Waals surface area contributed by atoms with Crippen molar-refractivity contribution < 1.29 is 37.1 Å². The lowest BCUT2D eigenvalue weighted by Gasteiger charge is -2.45. The van der Waals surface area contributed by atoms with Gasteiger partial charge < -0.3 is 15.4 Å². The van der Waals surface area contributed by atoms with E-state index >= 15 is 0 Å². The molecule has 0 aromatic carbocycles. The number of piperazine rings is 1. The van der Waals surface area contributed by atoms with Gasteiger partial charge in [-0.1, -0.05) is 24.3 Å². The second-order valence-electron chi connectivity index (χ2n) is 8.38. The molecule has 0 radical (unpaired) electrons. The number of ether oxygens (including phenoxy) is 1. The molecule has 10 nitrogen and oxygen atoms in total. The standard InChI is InChI=1S/C22H27ClF3N5O5/c1-4-9-36-20(35)31-8-7-30(12-16(31)18(33)29-13-22(24,25)26)21(2,3)19(34)28-11-17(32)15-6-5-14(23)10-27-15/h4-6,10,16H,1,7-9,11-13H2,2-3H3,(H,28,34)(H,29,33)/t16-/m0/s1. The van der Waals surface area contributed by atoms with Gasteiger partial charge in [0.25, 0.3) is 0 Å². The fourth-order valence-corrected chi connectivity index (χ4v) is 3.52. The second kappa shape index (κ2) is 12.2. The van der Waals surface area contributed by atoms with Crippen LogP contribution in [0.2, 0.25) is 5.02 Å². The van der Waals surface area contributed by atoms with Gasteiger partial charge in [0, 0.05) is 25.8 Å². The molecule has 1 aromatic heterocycles. The van der Waals surface area contributed by atoms with Gasteiger partial charge in [0.05, 0.1) is 17.1 Å². The number of alkyl halides is 3. The molecule has 2 rings (SSSR count). The Kier molecular flexibility index (Phi) is 9.82. The van der Waals surface area contributed by atoms with E-state index in [4.69, 9.17) is 16.3 Å². The Hall–Kier alpha value is -3.19. The number of carbonyl (C=O) groups excluding carboxylic acids is 4. The third-order valence-corrected chi connectivity index (χ3v) is 5.70. The van der Waals surface area contributed by atoms with Crippen molar-refractivity contribution in [3.05, 3.63) is 41.7 Å². The molecular weight excluding hydrogens is 507 g/mol. The average molecular weight is 534 g/mol. The zero-order valence-corrected chi connectivity index (χ0v) is 20.5. The van der Waals surface area contributed by atoms with Gasteiger partial charge in [-0.15, -0.1) is 0 Å². The van der Waals surface area contributed by atoms with Crippen LogP contribution in [0.4, 0.5) is 18.0 Å². The number of ketones is 1. The molecule has 2 N–H and O–H groups in total. The predicted octanol–water partition coefficient (Wildman–Crippen LogP) is 1.80. The number of halogens is 4. The highest BCUT2D eigenvalue weighted by Crippen LogP contribution is 2.22. The Balaban J connectivity index is 2.11. The first-order valence-electron chi connectivity index (χ1n) is 10.8. The lowest BCUT2D eigenvalue weighted by atomic mass is 9.98. The number of Topliss-reactive ketones (excluding diaryl/α,β-unsaturated/α-hetero) is 1. The highest BCUT2D eigenvalue weighted by atomic mass is 35.5. The van der Waals surface area contributed by atoms with Crippen LogP contribution in [0.1, 0.15) is 24.3 Å². The third-order valence-electron chi connectivity index (χ3n) is 5.47. The summed E-state index contributed by atoms with van der Waals surface area (Å²) in [6, 6.07) is 1.54. The van der Waals surface area contributed by atoms with Crippen molar-refractivity contribution in [2.75, 3.05) is 39.3 Å². The molecule has 36 heavy (non-hydrogen) atoms. The summed E-state index contributed by atoms with van der Waals surface area (Å²) >= 11 is 5.75. The number of pyridine rings is 1. The molecule has 3 amide bonds. The number of carbonyl (C=O) groups is 4. The first-order chi connectivity index (χ1) is 16.8. The summed E-state index contributed by atoms with van der Waals surface area (Å²) in [6.45, 7) is 4.16. The van der Waals surface area contributed by atoms with Crippen molar-refractivity contribution >= 4 is 35.3 Å². The largest absolute Gasteiger partial charge is 0.445 e. The number of aromatic nitrogens is 1. The zero-order valence-electron chi connectivity index (χ0n) is 19.7. The van der Waals surface area contributed by atoms with Gasteiger partial charge >= 0.3 is 12.3 Å². The lowest BCUT2D eigenvalue weighted by molar-refractivity contribution is -0.145. The molecule has 14 heteroatoms. The van der Waals surface area contributed by atoms with Crippen LogP contribution in [0, 0.1) is 0 Å². The van der Waals surface area contributed by atoms with Crippen LogP contribution < -0.4 is 10.6 Å². The molecule has 2 heterocycles. The summed E-state index contributed by atoms with van der Waals surface area (Å²) in [5, 5.41) is 4.64. The van der Waals surface area contributed by atoms with Crippen molar-refractivity contribution in [1.29, 1.82) is 0 Å². The molecule has 0 bridgehead atoms. The van der Waals surface area contributed by atoms with E-state index in [2.05, 4.69) is 16.9 Å². The predicted molar refractivity (Wildman–Crippen MR) is 123 cm³/mol. The van der Waals surface area contributed by atoms with Crippen LogP contribution in [0.25, 0.3) is 0 Å². The van der Waals surface area contributed by atoms with Gasteiger partial charge in [-0.05, 0) is 26.0 Å². The summed E-state index contributed by atoms with van der Waals surface area (Å²) in [7, 11) is 0. The Morgan fingerprint density at radius 1 is 1.22 bits per heavy atom. The molecule has 198 valence electrons. The van der Waals surface area contributed by atoms with Crippen LogP contribution in [-0.2, 0) is 14.3 Å². The van der Waals surface area contributed by atoms with Gasteiger partial charge in [-0.3, -0.25) is 29.2 Å². The molecule has 1 aliphatic heterocycles. The number of hydrogen-bond acceptors (Lipinski definition) is 7. The Labute approximate surface area is 210 Å². The number of hydrogen-bond donors (Lipinski definition) is 2. The first-order valence-corrected chi connectivity index (χ1v) is 11.2. The molecule has 1 aliphatic rings. The van der Waals surface area contributed by atoms with Crippen molar-refractivity contribution in [3.8, 4) is 0 Å². The van der Waals surface area contributed by atoms with Crippen LogP contribution in [0.5, 0.6) is 0 Å². The summed E-state index contributed by atoms with van der Waals surface area (Å²) < 4.78 is 42.9. The van der Waals surface area contributed by atoms with Gasteiger partial charge in [-0.25, -0.2) is 4.79 Å². The number of amides is 3. The Morgan fingerprint density at radius 3 is 2.50 bits per heavy atom. The molecular formula is C22H27ClF3N5O5. The summed E-state index contributed by atoms with van der Waals surface area (Å²) in [4.78, 5) is 56.7. The summed E-state index contributed by atoms with van der Waals surface area (Å²) in [5.74, 6) is -2.08. The molecule has 0 saturated carbocycles. The summed E-state index contributed by atoms with van der Waals surface area (Å²) in [5.41, 5.74) is -1.18. The van der Waals surface area contributed by atoms with Crippen molar-refractivity contribution in [1.82, 2.24) is 25.4 Å². The number of nitrogens with zero attached hydrogens (tertiary/aromatic N) is 3. The third kappa shape index (κ3) is 7.92. The fraction of sp³-hybridized carbons (Fsp3) is 0.500. The van der Waals surface area contributed by atoms with Gasteiger partial charge in [-0.2, -0.15) is 13.2 Å². The zero-order chi connectivity index (χ0) is 27.1. The van der Waals surface area contributed by atoms with Crippen LogP contribution in [0.15, 0.2) is 31.0 Å². The molecule has 1 aromatic rings. The summed E-state index contributed by atoms with van der Waals surface area (Å²) in [6.07, 6.45) is -2.95. The van der Waals surface area contributed by atoms with Gasteiger partial charge in [0.1, 0.15) is 24.9 Å². The molecule has 1 saturated heterocycles. The minimum atomic E-state index is -4.65. The topological polar surface area (TPSA) is 121 Å². The van der Waals surface area contributed by atoms with E-state index in [1.165, 1.54) is 38.3 Å². The minimum absolute atomic E-state index is 0.0928. The number of nitrogens with one attached hydrogen (secondary N) is 2. The maximum Gasteiger partial charge on any atom is 0.410 e. The smallest absolute Gasteiger partial charge is 0.410 e. The monoisotopic (exact) mass is 533 g/mol. The van der Waals surface area contributed by atoms with Crippen molar-refractivity contribution in [2.24, 2.45) is 0 Å². The molecule has 1 fully saturated rings. The first kappa shape index (κ1) is 29.0. The maximum atomic E-state index is 12.9. The van der Waals surface area contributed by atoms with Crippen molar-refractivity contribution in [2.45, 2.75) is 31.6 Å². The van der Waals surface area contributed by atoms with E-state index in [9.17, 15) is 32.3 Å². The SMILES string of the molecule is C=CCOC(=O)N1CCN(C(C)(C)C(=O)NCC(=O)c2ccc(Cl)cn2)C[C@H]1C(=O)NCC(F)(F)F. The van der Waals surface area contributed by atoms with Crippen LogP contribution in [0.3, 0.4) is 0 Å². The Morgan fingerprint density at radius 2 is 1.92 bits per heavy atom. The van der Waals surface area contributed by atoms with E-state index in [1.807, 2.05) is 0 Å². The number of rotatable bonds is 9. The van der Waals surface area contributed by atoms with Crippen molar-refractivity contribution in [3.63, 3.8) is 0 Å². The highest BCUT2D eigenvalue weighted by molar-refractivity contribution is 6.30. The molecule has 0 unspecified atom stereocenters. The quantitative estimate of drug-likeness (QED) is 0.367. The normalized spacial score (nSPS) is 16.7. The van der Waals surface area contributed by atoms with Crippen LogP contribution in [-0.4, -0.2) is 95.6 Å². The molecule has 1 atom stereocenters. The van der Waals surface area contributed by atoms with E-state index in [1.54, 1.807) is 10.2 Å². The maximum absolute atomic E-state index is 12.9. The van der Waals surface area contributed by atoms with E-state index in [0.29, 0.717) is 5.02 Å².